The van der Waals surface area contributed by atoms with E-state index in [1.165, 1.54) is 12.8 Å². The second kappa shape index (κ2) is 5.94. The van der Waals surface area contributed by atoms with Gasteiger partial charge in [0.25, 0.3) is 0 Å². The Morgan fingerprint density at radius 2 is 1.93 bits per heavy atom. The van der Waals surface area contributed by atoms with E-state index in [-0.39, 0.29) is 5.97 Å². The summed E-state index contributed by atoms with van der Waals surface area (Å²) in [6.45, 7) is 6.70. The van der Waals surface area contributed by atoms with Crippen molar-refractivity contribution in [2.75, 3.05) is 6.61 Å². The maximum atomic E-state index is 11.6. The fourth-order valence-corrected chi connectivity index (χ4v) is 2.31. The van der Waals surface area contributed by atoms with E-state index in [0.717, 1.165) is 18.4 Å². The van der Waals surface area contributed by atoms with Gasteiger partial charge in [0.1, 0.15) is 0 Å². The fraction of sp³-hybridized carbons (Fsp3) is 0.769. The van der Waals surface area contributed by atoms with E-state index in [4.69, 9.17) is 4.74 Å². The lowest BCUT2D eigenvalue weighted by molar-refractivity contribution is -0.140. The molecule has 2 heteroatoms. The average Bonchev–Trinajstić information content (AvgIpc) is 2.20. The zero-order valence-corrected chi connectivity index (χ0v) is 10.1. The summed E-state index contributed by atoms with van der Waals surface area (Å²) in [4.78, 5) is 11.6. The fourth-order valence-electron chi connectivity index (χ4n) is 2.31. The first-order chi connectivity index (χ1) is 7.24. The van der Waals surface area contributed by atoms with E-state index in [1.54, 1.807) is 0 Å². The van der Waals surface area contributed by atoms with Gasteiger partial charge in [-0.25, -0.2) is 4.79 Å². The molecular weight excluding hydrogens is 188 g/mol. The van der Waals surface area contributed by atoms with Crippen LogP contribution in [0.1, 0.15) is 46.5 Å². The third-order valence-electron chi connectivity index (χ3n) is 3.04. The van der Waals surface area contributed by atoms with Crippen LogP contribution in [-0.4, -0.2) is 12.6 Å². The van der Waals surface area contributed by atoms with Gasteiger partial charge in [0.15, 0.2) is 0 Å². The molecule has 1 aliphatic rings. The third-order valence-corrected chi connectivity index (χ3v) is 3.04. The van der Waals surface area contributed by atoms with Gasteiger partial charge in [-0.05, 0) is 31.6 Å². The molecule has 86 valence electrons. The number of carbonyl (C=O) groups is 1. The monoisotopic (exact) mass is 210 g/mol. The quantitative estimate of drug-likeness (QED) is 0.629. The van der Waals surface area contributed by atoms with Gasteiger partial charge >= 0.3 is 5.97 Å². The zero-order chi connectivity index (χ0) is 11.3. The maximum absolute atomic E-state index is 11.6. The molecule has 1 rings (SSSR count). The Hall–Kier alpha value is -0.790. The van der Waals surface area contributed by atoms with Crippen LogP contribution in [-0.2, 0) is 9.53 Å². The van der Waals surface area contributed by atoms with Crippen LogP contribution >= 0.6 is 0 Å². The Balaban J connectivity index is 2.56. The lowest BCUT2D eigenvalue weighted by Crippen LogP contribution is -2.30. The SMILES string of the molecule is CCC[C@H]1C=C(C(=O)OCC)[C@H]1CCC. The van der Waals surface area contributed by atoms with Crippen molar-refractivity contribution in [1.82, 2.24) is 0 Å². The molecule has 0 N–H and O–H groups in total. The van der Waals surface area contributed by atoms with Crippen molar-refractivity contribution in [3.63, 3.8) is 0 Å². The first kappa shape index (κ1) is 12.3. The lowest BCUT2D eigenvalue weighted by atomic mass is 9.70. The van der Waals surface area contributed by atoms with Crippen LogP contribution in [0.4, 0.5) is 0 Å². The summed E-state index contributed by atoms with van der Waals surface area (Å²) >= 11 is 0. The number of esters is 1. The van der Waals surface area contributed by atoms with Crippen LogP contribution in [0.25, 0.3) is 0 Å². The smallest absolute Gasteiger partial charge is 0.333 e. The molecule has 0 aromatic rings. The Morgan fingerprint density at radius 3 is 2.47 bits per heavy atom. The molecule has 0 amide bonds. The molecule has 0 unspecified atom stereocenters. The summed E-state index contributed by atoms with van der Waals surface area (Å²) in [5.74, 6) is 0.992. The molecule has 0 saturated carbocycles. The topological polar surface area (TPSA) is 26.3 Å². The van der Waals surface area contributed by atoms with Crippen molar-refractivity contribution < 1.29 is 9.53 Å². The highest BCUT2D eigenvalue weighted by Gasteiger charge is 2.35. The molecule has 0 aromatic carbocycles. The Morgan fingerprint density at radius 1 is 1.27 bits per heavy atom. The number of hydrogen-bond donors (Lipinski definition) is 0. The molecule has 15 heavy (non-hydrogen) atoms. The van der Waals surface area contributed by atoms with Crippen LogP contribution in [0, 0.1) is 11.8 Å². The van der Waals surface area contributed by atoms with Gasteiger partial charge in [-0.15, -0.1) is 0 Å². The van der Waals surface area contributed by atoms with Crippen molar-refractivity contribution in [3.8, 4) is 0 Å². The van der Waals surface area contributed by atoms with Crippen molar-refractivity contribution in [1.29, 1.82) is 0 Å². The van der Waals surface area contributed by atoms with Gasteiger partial charge in [0.2, 0.25) is 0 Å². The standard InChI is InChI=1S/C13H22O2/c1-4-7-10-9-12(11(10)8-5-2)13(14)15-6-3/h9-11H,4-8H2,1-3H3/t10-,11-/m0/s1. The highest BCUT2D eigenvalue weighted by molar-refractivity contribution is 5.90. The molecule has 0 radical (unpaired) electrons. The molecule has 1 aliphatic carbocycles. The molecule has 2 nitrogen and oxygen atoms in total. The molecular formula is C13H22O2. The second-order valence-corrected chi connectivity index (χ2v) is 4.19. The van der Waals surface area contributed by atoms with Crippen LogP contribution in [0.5, 0.6) is 0 Å². The van der Waals surface area contributed by atoms with E-state index < -0.39 is 0 Å². The predicted molar refractivity (Wildman–Crippen MR) is 61.5 cm³/mol. The highest BCUT2D eigenvalue weighted by Crippen LogP contribution is 2.40. The summed E-state index contributed by atoms with van der Waals surface area (Å²) in [6.07, 6.45) is 6.77. The molecule has 0 bridgehead atoms. The van der Waals surface area contributed by atoms with Gasteiger partial charge in [-0.3, -0.25) is 0 Å². The van der Waals surface area contributed by atoms with Crippen LogP contribution in [0.15, 0.2) is 11.6 Å². The van der Waals surface area contributed by atoms with Gasteiger partial charge in [-0.2, -0.15) is 0 Å². The normalized spacial score (nSPS) is 24.3. The minimum Gasteiger partial charge on any atom is -0.463 e. The van der Waals surface area contributed by atoms with Crippen LogP contribution in [0.3, 0.4) is 0 Å². The molecule has 0 aromatic heterocycles. The highest BCUT2D eigenvalue weighted by atomic mass is 16.5. The Labute approximate surface area is 92.7 Å². The first-order valence-corrected chi connectivity index (χ1v) is 6.13. The molecule has 0 heterocycles. The lowest BCUT2D eigenvalue weighted by Gasteiger charge is -2.34. The molecule has 2 atom stereocenters. The van der Waals surface area contributed by atoms with Gasteiger partial charge in [0, 0.05) is 5.57 Å². The number of ether oxygens (including phenoxy) is 1. The summed E-state index contributed by atoms with van der Waals surface area (Å²) in [5.41, 5.74) is 0.928. The van der Waals surface area contributed by atoms with E-state index in [1.807, 2.05) is 6.92 Å². The van der Waals surface area contributed by atoms with Crippen molar-refractivity contribution in [2.45, 2.75) is 46.5 Å². The van der Waals surface area contributed by atoms with Crippen molar-refractivity contribution in [2.24, 2.45) is 11.8 Å². The number of allylic oxidation sites excluding steroid dienone is 1. The number of hydrogen-bond acceptors (Lipinski definition) is 2. The first-order valence-electron chi connectivity index (χ1n) is 6.13. The molecule has 0 aliphatic heterocycles. The predicted octanol–water partition coefficient (Wildman–Crippen LogP) is 3.32. The summed E-state index contributed by atoms with van der Waals surface area (Å²) in [5, 5.41) is 0. The van der Waals surface area contributed by atoms with Crippen molar-refractivity contribution >= 4 is 5.97 Å². The minimum atomic E-state index is -0.0942. The van der Waals surface area contributed by atoms with E-state index in [0.29, 0.717) is 18.4 Å². The van der Waals surface area contributed by atoms with E-state index in [2.05, 4.69) is 19.9 Å². The molecule has 0 fully saturated rings. The van der Waals surface area contributed by atoms with Crippen LogP contribution in [0.2, 0.25) is 0 Å². The summed E-state index contributed by atoms with van der Waals surface area (Å²) in [6, 6.07) is 0. The van der Waals surface area contributed by atoms with Gasteiger partial charge in [-0.1, -0.05) is 32.8 Å². The van der Waals surface area contributed by atoms with Gasteiger partial charge in [0.05, 0.1) is 6.61 Å². The van der Waals surface area contributed by atoms with E-state index >= 15 is 0 Å². The third kappa shape index (κ3) is 2.83. The van der Waals surface area contributed by atoms with Crippen LogP contribution < -0.4 is 0 Å². The molecule has 0 spiro atoms. The number of carbonyl (C=O) groups excluding carboxylic acids is 1. The van der Waals surface area contributed by atoms with Gasteiger partial charge < -0.3 is 4.74 Å². The minimum absolute atomic E-state index is 0.0942. The average molecular weight is 210 g/mol. The Bertz CT molecular complexity index is 243. The second-order valence-electron chi connectivity index (χ2n) is 4.19. The summed E-state index contributed by atoms with van der Waals surface area (Å²) in [7, 11) is 0. The Kier molecular flexibility index (Phi) is 4.86. The summed E-state index contributed by atoms with van der Waals surface area (Å²) < 4.78 is 5.04. The van der Waals surface area contributed by atoms with E-state index in [9.17, 15) is 4.79 Å². The number of rotatable bonds is 6. The largest absolute Gasteiger partial charge is 0.463 e. The zero-order valence-electron chi connectivity index (χ0n) is 10.1. The van der Waals surface area contributed by atoms with Crippen molar-refractivity contribution in [3.05, 3.63) is 11.6 Å². The maximum Gasteiger partial charge on any atom is 0.333 e. The molecule has 0 saturated heterocycles.